The Morgan fingerprint density at radius 3 is 1.53 bits per heavy atom. The van der Waals surface area contributed by atoms with Crippen LogP contribution in [0.2, 0.25) is 0 Å². The lowest BCUT2D eigenvalue weighted by Crippen LogP contribution is -2.59. The van der Waals surface area contributed by atoms with Gasteiger partial charge in [-0.1, -0.05) is 91.0 Å². The number of aliphatic hydroxyl groups excluding tert-OH is 3. The minimum absolute atomic E-state index is 0.0614. The van der Waals surface area contributed by atoms with Crippen LogP contribution in [0, 0.1) is 0 Å². The molecule has 4 rings (SSSR count). The Morgan fingerprint density at radius 2 is 1.12 bits per heavy atom. The van der Waals surface area contributed by atoms with Crippen molar-refractivity contribution in [3.63, 3.8) is 0 Å². The Hall–Kier alpha value is -2.15. The van der Waals surface area contributed by atoms with Gasteiger partial charge in [-0.25, -0.2) is 0 Å². The molecule has 0 aromatic heterocycles. The molecule has 0 spiro atoms. The van der Waals surface area contributed by atoms with E-state index in [1.54, 1.807) is 0 Å². The second-order valence-corrected chi connectivity index (χ2v) is 8.01. The Labute approximate surface area is 189 Å². The first-order chi connectivity index (χ1) is 15.6. The summed E-state index contributed by atoms with van der Waals surface area (Å²) in [5, 5.41) is 30.9. The predicted molar refractivity (Wildman–Crippen MR) is 123 cm³/mol. The van der Waals surface area contributed by atoms with Crippen molar-refractivity contribution >= 4 is 9.47 Å². The fourth-order valence-corrected chi connectivity index (χ4v) is 4.37. The van der Waals surface area contributed by atoms with Gasteiger partial charge in [-0.15, -0.1) is 0 Å². The number of aliphatic hydroxyl groups is 3. The first-order valence-electron chi connectivity index (χ1n) is 10.4. The maximum atomic E-state index is 10.6. The van der Waals surface area contributed by atoms with Crippen LogP contribution in [-0.4, -0.2) is 52.6 Å². The molecule has 0 saturated carbocycles. The quantitative estimate of drug-likeness (QED) is 0.376. The van der Waals surface area contributed by atoms with Crippen molar-refractivity contribution in [3.8, 4) is 0 Å². The molecule has 1 fully saturated rings. The summed E-state index contributed by atoms with van der Waals surface area (Å²) >= 11 is 0. The Kier molecular flexibility index (Phi) is 7.33. The van der Waals surface area contributed by atoms with Crippen LogP contribution in [0.5, 0.6) is 0 Å². The average Bonchev–Trinajstić information content (AvgIpc) is 2.86. The predicted octanol–water partition coefficient (Wildman–Crippen LogP) is 2.61. The molecular weight excluding hydrogens is 427 g/mol. The van der Waals surface area contributed by atoms with Crippen molar-refractivity contribution < 1.29 is 29.3 Å². The molecule has 6 nitrogen and oxygen atoms in total. The van der Waals surface area contributed by atoms with Gasteiger partial charge in [-0.05, 0) is 16.7 Å². The molecule has 0 amide bonds. The van der Waals surface area contributed by atoms with E-state index in [0.717, 1.165) is 16.7 Å². The molecule has 3 aromatic rings. The van der Waals surface area contributed by atoms with Gasteiger partial charge in [0.15, 0.2) is 6.29 Å². The highest BCUT2D eigenvalue weighted by atomic mass is 31.0. The molecule has 0 bridgehead atoms. The molecule has 3 N–H and O–H groups in total. The summed E-state index contributed by atoms with van der Waals surface area (Å²) in [6, 6.07) is 29.5. The molecule has 1 aliphatic rings. The number of ether oxygens (including phenoxy) is 2. The maximum absolute atomic E-state index is 10.6. The molecule has 0 radical (unpaired) electrons. The first-order valence-corrected chi connectivity index (χ1v) is 10.9. The van der Waals surface area contributed by atoms with Crippen LogP contribution in [-0.2, 0) is 19.6 Å². The first kappa shape index (κ1) is 23.0. The monoisotopic (exact) mass is 454 g/mol. The molecule has 6 atom stereocenters. The van der Waals surface area contributed by atoms with Gasteiger partial charge in [0.25, 0.3) is 0 Å². The third kappa shape index (κ3) is 4.36. The molecule has 1 heterocycles. The van der Waals surface area contributed by atoms with Crippen LogP contribution in [0.25, 0.3) is 0 Å². The van der Waals surface area contributed by atoms with E-state index in [-0.39, 0.29) is 6.61 Å². The highest BCUT2D eigenvalue weighted by molar-refractivity contribution is 7.09. The van der Waals surface area contributed by atoms with Crippen LogP contribution < -0.4 is 0 Å². The SMILES string of the molecule is OC1[C@H](O)C(COC(c2ccccc2)(c2ccccc2)c2ccccc2)O[C@@H](OP)[C@H]1O. The normalized spacial score (nSPS) is 26.1. The van der Waals surface area contributed by atoms with E-state index in [1.165, 1.54) is 0 Å². The average molecular weight is 454 g/mol. The third-order valence-electron chi connectivity index (χ3n) is 5.81. The van der Waals surface area contributed by atoms with Crippen molar-refractivity contribution in [2.75, 3.05) is 6.61 Å². The summed E-state index contributed by atoms with van der Waals surface area (Å²) in [4.78, 5) is 0. The topological polar surface area (TPSA) is 88.4 Å². The van der Waals surface area contributed by atoms with Gasteiger partial charge in [-0.3, -0.25) is 0 Å². The van der Waals surface area contributed by atoms with Crippen molar-refractivity contribution in [1.82, 2.24) is 0 Å². The van der Waals surface area contributed by atoms with Crippen molar-refractivity contribution in [2.24, 2.45) is 0 Å². The Balaban J connectivity index is 1.77. The number of benzene rings is 3. The molecule has 1 saturated heterocycles. The van der Waals surface area contributed by atoms with Gasteiger partial charge < -0.3 is 29.3 Å². The second-order valence-electron chi connectivity index (χ2n) is 7.74. The lowest BCUT2D eigenvalue weighted by atomic mass is 9.80. The van der Waals surface area contributed by atoms with Crippen molar-refractivity contribution in [3.05, 3.63) is 108 Å². The molecule has 1 aliphatic heterocycles. The fraction of sp³-hybridized carbons (Fsp3) is 0.280. The number of hydrogen-bond donors (Lipinski definition) is 3. The summed E-state index contributed by atoms with van der Waals surface area (Å²) < 4.78 is 17.4. The fourth-order valence-electron chi connectivity index (χ4n) is 4.14. The second kappa shape index (κ2) is 10.2. The maximum Gasteiger partial charge on any atom is 0.189 e. The summed E-state index contributed by atoms with van der Waals surface area (Å²) in [7, 11) is 2.01. The van der Waals surface area contributed by atoms with Gasteiger partial charge in [0.1, 0.15) is 30.0 Å². The van der Waals surface area contributed by atoms with Crippen LogP contribution in [0.3, 0.4) is 0 Å². The van der Waals surface area contributed by atoms with Crippen molar-refractivity contribution in [1.29, 1.82) is 0 Å². The van der Waals surface area contributed by atoms with E-state index in [2.05, 4.69) is 0 Å². The van der Waals surface area contributed by atoms with Gasteiger partial charge in [0.2, 0.25) is 0 Å². The van der Waals surface area contributed by atoms with Gasteiger partial charge >= 0.3 is 0 Å². The van der Waals surface area contributed by atoms with Gasteiger partial charge in [0.05, 0.1) is 6.61 Å². The zero-order valence-electron chi connectivity index (χ0n) is 17.4. The zero-order valence-corrected chi connectivity index (χ0v) is 18.6. The molecule has 3 aromatic carbocycles. The van der Waals surface area contributed by atoms with E-state index in [4.69, 9.17) is 14.0 Å². The Bertz CT molecular complexity index is 873. The molecular formula is C25H27O6P. The lowest BCUT2D eigenvalue weighted by molar-refractivity contribution is -0.280. The van der Waals surface area contributed by atoms with E-state index in [9.17, 15) is 15.3 Å². The molecule has 32 heavy (non-hydrogen) atoms. The smallest absolute Gasteiger partial charge is 0.189 e. The summed E-state index contributed by atoms with van der Waals surface area (Å²) in [6.07, 6.45) is -6.18. The minimum atomic E-state index is -1.43. The highest BCUT2D eigenvalue weighted by Gasteiger charge is 2.46. The van der Waals surface area contributed by atoms with E-state index in [0.29, 0.717) is 0 Å². The van der Waals surface area contributed by atoms with Crippen LogP contribution >= 0.6 is 9.47 Å². The summed E-state index contributed by atoms with van der Waals surface area (Å²) in [6.45, 7) is -0.0614. The largest absolute Gasteiger partial charge is 0.387 e. The van der Waals surface area contributed by atoms with Crippen LogP contribution in [0.4, 0.5) is 0 Å². The molecule has 0 aliphatic carbocycles. The molecule has 7 heteroatoms. The molecule has 168 valence electrons. The van der Waals surface area contributed by atoms with Gasteiger partial charge in [0, 0.05) is 9.47 Å². The zero-order chi connectivity index (χ0) is 22.6. The number of hydrogen-bond acceptors (Lipinski definition) is 6. The van der Waals surface area contributed by atoms with Crippen LogP contribution in [0.15, 0.2) is 91.0 Å². The minimum Gasteiger partial charge on any atom is -0.387 e. The van der Waals surface area contributed by atoms with Crippen molar-refractivity contribution in [2.45, 2.75) is 36.3 Å². The summed E-state index contributed by atoms with van der Waals surface area (Å²) in [5.41, 5.74) is 1.72. The number of rotatable bonds is 7. The third-order valence-corrected chi connectivity index (χ3v) is 6.08. The van der Waals surface area contributed by atoms with Gasteiger partial charge in [-0.2, -0.15) is 0 Å². The highest BCUT2D eigenvalue weighted by Crippen LogP contribution is 2.41. The summed E-state index contributed by atoms with van der Waals surface area (Å²) in [5.74, 6) is 0. The van der Waals surface area contributed by atoms with Crippen LogP contribution in [0.1, 0.15) is 16.7 Å². The standard InChI is InChI=1S/C25H27O6P/c26-21-20(30-24(31-32)23(28)22(21)27)16-29-25(17-10-4-1-5-11-17,18-12-6-2-7-13-18)19-14-8-3-9-15-19/h1-15,20-24,26-28H,16,32H2/t20?,21-,22?,23+,24+/m1/s1. The Morgan fingerprint density at radius 1 is 0.688 bits per heavy atom. The lowest BCUT2D eigenvalue weighted by Gasteiger charge is -2.42. The van der Waals surface area contributed by atoms with E-state index < -0.39 is 36.3 Å². The van der Waals surface area contributed by atoms with E-state index >= 15 is 0 Å². The molecule has 3 unspecified atom stereocenters. The van der Waals surface area contributed by atoms with E-state index in [1.807, 2.05) is 100 Å².